The molecule has 7 nitrogen and oxygen atoms in total. The molecule has 0 saturated carbocycles. The average Bonchev–Trinajstić information content (AvgIpc) is 3.14. The monoisotopic (exact) mass is 386 g/mol. The summed E-state index contributed by atoms with van der Waals surface area (Å²) in [7, 11) is -1.71. The molecule has 2 aromatic rings. The molecule has 1 aliphatic heterocycles. The Kier molecular flexibility index (Phi) is 5.81. The first-order chi connectivity index (χ1) is 13.2. The molecule has 0 spiro atoms. The zero-order valence-electron chi connectivity index (χ0n) is 16.6. The molecule has 0 radical (unpaired) electrons. The number of para-hydroxylation sites is 1. The second-order valence-electron chi connectivity index (χ2n) is 8.11. The van der Waals surface area contributed by atoms with E-state index in [4.69, 9.17) is 4.42 Å². The largest absolute Gasteiger partial charge is 0.475 e. The van der Waals surface area contributed by atoms with Crippen molar-refractivity contribution in [3.63, 3.8) is 0 Å². The lowest BCUT2D eigenvalue weighted by molar-refractivity contribution is -0.131. The summed E-state index contributed by atoms with van der Waals surface area (Å²) >= 11 is 0. The predicted octanol–water partition coefficient (Wildman–Crippen LogP) is 1.57. The molecule has 1 aromatic heterocycles. The Morgan fingerprint density at radius 3 is 2.79 bits per heavy atom. The highest BCUT2D eigenvalue weighted by Crippen LogP contribution is 2.29. The van der Waals surface area contributed by atoms with Crippen molar-refractivity contribution in [1.82, 2.24) is 10.2 Å². The smallest absolute Gasteiger partial charge is 0.464 e. The minimum atomic E-state index is -1.71. The molecule has 1 aliphatic rings. The molecule has 0 aliphatic carbocycles. The van der Waals surface area contributed by atoms with Crippen molar-refractivity contribution in [2.75, 3.05) is 6.54 Å². The molecular formula is C20H27BN2O5. The molecule has 0 unspecified atom stereocenters. The second kappa shape index (κ2) is 7.97. The van der Waals surface area contributed by atoms with Crippen LogP contribution in [-0.4, -0.2) is 51.9 Å². The van der Waals surface area contributed by atoms with Crippen LogP contribution in [0.25, 0.3) is 11.0 Å². The maximum absolute atomic E-state index is 12.4. The first kappa shape index (κ1) is 20.4. The fraction of sp³-hybridized carbons (Fsp3) is 0.500. The first-order valence-corrected chi connectivity index (χ1v) is 9.61. The Hall–Kier alpha value is -2.32. The highest BCUT2D eigenvalue weighted by molar-refractivity contribution is 6.43. The molecule has 2 amide bonds. The van der Waals surface area contributed by atoms with E-state index in [0.717, 1.165) is 28.5 Å². The van der Waals surface area contributed by atoms with Gasteiger partial charge in [0.15, 0.2) is 0 Å². The van der Waals surface area contributed by atoms with Crippen LogP contribution >= 0.6 is 0 Å². The summed E-state index contributed by atoms with van der Waals surface area (Å²) in [6.07, 6.45) is 3.21. The summed E-state index contributed by atoms with van der Waals surface area (Å²) in [6, 6.07) is 5.76. The molecule has 1 fully saturated rings. The molecule has 150 valence electrons. The number of amides is 2. The quantitative estimate of drug-likeness (QED) is 0.627. The number of aryl methyl sites for hydroxylation is 1. The van der Waals surface area contributed by atoms with Gasteiger partial charge in [-0.3, -0.25) is 9.59 Å². The summed E-state index contributed by atoms with van der Waals surface area (Å²) in [5, 5.41) is 23.0. The van der Waals surface area contributed by atoms with E-state index in [2.05, 4.69) is 5.32 Å². The van der Waals surface area contributed by atoms with Gasteiger partial charge in [-0.15, -0.1) is 0 Å². The highest BCUT2D eigenvalue weighted by Gasteiger charge is 2.37. The van der Waals surface area contributed by atoms with Gasteiger partial charge < -0.3 is 24.7 Å². The fourth-order valence-corrected chi connectivity index (χ4v) is 3.82. The van der Waals surface area contributed by atoms with Crippen LogP contribution in [0, 0.1) is 6.92 Å². The third-order valence-electron chi connectivity index (χ3n) is 5.57. The Morgan fingerprint density at radius 1 is 1.39 bits per heavy atom. The van der Waals surface area contributed by atoms with E-state index in [-0.39, 0.29) is 30.2 Å². The maximum atomic E-state index is 12.4. The zero-order chi connectivity index (χ0) is 20.5. The molecule has 1 aromatic carbocycles. The van der Waals surface area contributed by atoms with Crippen LogP contribution in [0.4, 0.5) is 0 Å². The Bertz CT molecular complexity index is 877. The van der Waals surface area contributed by atoms with Gasteiger partial charge in [0.05, 0.1) is 12.2 Å². The van der Waals surface area contributed by atoms with Crippen LogP contribution < -0.4 is 5.32 Å². The van der Waals surface area contributed by atoms with Crippen LogP contribution in [-0.2, 0) is 16.0 Å². The Balaban J connectivity index is 1.63. The topological polar surface area (TPSA) is 103 Å². The minimum Gasteiger partial charge on any atom is -0.464 e. The van der Waals surface area contributed by atoms with E-state index in [0.29, 0.717) is 13.0 Å². The van der Waals surface area contributed by atoms with Gasteiger partial charge in [0, 0.05) is 30.3 Å². The summed E-state index contributed by atoms with van der Waals surface area (Å²) in [5.41, 5.74) is 2.30. The molecule has 1 atom stereocenters. The first-order valence-electron chi connectivity index (χ1n) is 9.61. The van der Waals surface area contributed by atoms with Gasteiger partial charge in [-0.2, -0.15) is 0 Å². The van der Waals surface area contributed by atoms with Gasteiger partial charge in [0.2, 0.25) is 11.8 Å². The number of benzene rings is 1. The number of nitrogens with zero attached hydrogens (tertiary/aromatic N) is 1. The van der Waals surface area contributed by atoms with Crippen LogP contribution in [0.1, 0.15) is 44.2 Å². The number of likely N-dealkylation sites (tertiary alicyclic amines) is 1. The number of furan rings is 1. The van der Waals surface area contributed by atoms with Crippen molar-refractivity contribution >= 4 is 29.9 Å². The minimum absolute atomic E-state index is 0.0526. The van der Waals surface area contributed by atoms with Gasteiger partial charge >= 0.3 is 7.12 Å². The molecule has 3 N–H and O–H groups in total. The van der Waals surface area contributed by atoms with Crippen LogP contribution in [0.3, 0.4) is 0 Å². The lowest BCUT2D eigenvalue weighted by Gasteiger charge is -2.31. The van der Waals surface area contributed by atoms with Crippen molar-refractivity contribution in [2.24, 2.45) is 0 Å². The summed E-state index contributed by atoms with van der Waals surface area (Å²) < 4.78 is 5.60. The molecule has 28 heavy (non-hydrogen) atoms. The van der Waals surface area contributed by atoms with Gasteiger partial charge in [-0.05, 0) is 44.7 Å². The average molecular weight is 386 g/mol. The zero-order valence-corrected chi connectivity index (χ0v) is 16.6. The third-order valence-corrected chi connectivity index (χ3v) is 5.57. The second-order valence-corrected chi connectivity index (χ2v) is 8.11. The third kappa shape index (κ3) is 4.23. The summed E-state index contributed by atoms with van der Waals surface area (Å²) in [6.45, 7) is 6.24. The predicted molar refractivity (Wildman–Crippen MR) is 106 cm³/mol. The van der Waals surface area contributed by atoms with Crippen LogP contribution in [0.5, 0.6) is 0 Å². The number of hydrogen-bond donors (Lipinski definition) is 3. The van der Waals surface area contributed by atoms with Crippen LogP contribution in [0.2, 0.25) is 0 Å². The van der Waals surface area contributed by atoms with Gasteiger partial charge in [-0.1, -0.05) is 18.2 Å². The SMILES string of the molecule is Cc1cccc2c(C[C@H](NC(=O)CCN3C(=O)CCC3(C)C)B(O)O)coc12. The molecule has 3 rings (SSSR count). The Labute approximate surface area is 164 Å². The number of carbonyl (C=O) groups excluding carboxylic acids is 2. The number of nitrogens with one attached hydrogen (secondary N) is 1. The molecule has 0 bridgehead atoms. The van der Waals surface area contributed by atoms with E-state index in [1.165, 1.54) is 0 Å². The fourth-order valence-electron chi connectivity index (χ4n) is 3.82. The standard InChI is InChI=1S/C20H27BN2O5/c1-13-5-4-6-15-14(12-28-19(13)15)11-16(21(26)27)22-17(24)8-10-23-18(25)7-9-20(23,2)3/h4-6,12,16,26-27H,7-11H2,1-3H3,(H,22,24)/t16-/m0/s1. The summed E-state index contributed by atoms with van der Waals surface area (Å²) in [5.74, 6) is -1.13. The van der Waals surface area contributed by atoms with E-state index >= 15 is 0 Å². The van der Waals surface area contributed by atoms with E-state index in [1.807, 2.05) is 39.0 Å². The van der Waals surface area contributed by atoms with Crippen molar-refractivity contribution < 1.29 is 24.1 Å². The van der Waals surface area contributed by atoms with E-state index in [9.17, 15) is 19.6 Å². The molecule has 1 saturated heterocycles. The van der Waals surface area contributed by atoms with Crippen molar-refractivity contribution in [3.05, 3.63) is 35.6 Å². The molecular weight excluding hydrogens is 359 g/mol. The molecule has 2 heterocycles. The lowest BCUT2D eigenvalue weighted by atomic mass is 9.75. The normalized spacial score (nSPS) is 17.2. The van der Waals surface area contributed by atoms with Gasteiger partial charge in [0.1, 0.15) is 5.58 Å². The summed E-state index contributed by atoms with van der Waals surface area (Å²) in [4.78, 5) is 26.1. The highest BCUT2D eigenvalue weighted by atomic mass is 16.4. The number of hydrogen-bond acceptors (Lipinski definition) is 5. The van der Waals surface area contributed by atoms with Crippen LogP contribution in [0.15, 0.2) is 28.9 Å². The van der Waals surface area contributed by atoms with Gasteiger partial charge in [0.25, 0.3) is 0 Å². The van der Waals surface area contributed by atoms with Crippen molar-refractivity contribution in [3.8, 4) is 0 Å². The van der Waals surface area contributed by atoms with E-state index in [1.54, 1.807) is 11.2 Å². The van der Waals surface area contributed by atoms with Crippen molar-refractivity contribution in [1.29, 1.82) is 0 Å². The maximum Gasteiger partial charge on any atom is 0.475 e. The Morgan fingerprint density at radius 2 is 2.14 bits per heavy atom. The molecule has 8 heteroatoms. The number of fused-ring (bicyclic) bond motifs is 1. The van der Waals surface area contributed by atoms with Gasteiger partial charge in [-0.25, -0.2) is 0 Å². The number of carbonyl (C=O) groups is 2. The number of rotatable bonds is 7. The van der Waals surface area contributed by atoms with E-state index < -0.39 is 13.1 Å². The van der Waals surface area contributed by atoms with Crippen molar-refractivity contribution in [2.45, 2.75) is 57.9 Å². The lowest BCUT2D eigenvalue weighted by Crippen LogP contribution is -2.49.